The Kier molecular flexibility index (Phi) is 7.75. The first-order chi connectivity index (χ1) is 13.3. The number of aryl methyl sites for hydroxylation is 1. The minimum absolute atomic E-state index is 0.0940. The van der Waals surface area contributed by atoms with Crippen LogP contribution < -0.4 is 10.1 Å². The Morgan fingerprint density at radius 3 is 2.54 bits per heavy atom. The largest absolute Gasteiger partial charge is 0.494 e. The fourth-order valence-electron chi connectivity index (χ4n) is 2.48. The maximum Gasteiger partial charge on any atom is 0.306 e. The molecule has 0 fully saturated rings. The van der Waals surface area contributed by atoms with Crippen LogP contribution in [0, 0.1) is 6.92 Å². The number of esters is 1. The maximum atomic E-state index is 12.2. The van der Waals surface area contributed by atoms with Crippen molar-refractivity contribution in [3.8, 4) is 5.75 Å². The van der Waals surface area contributed by atoms with E-state index in [0.717, 1.165) is 11.3 Å². The van der Waals surface area contributed by atoms with Crippen LogP contribution in [0.3, 0.4) is 0 Å². The van der Waals surface area contributed by atoms with Gasteiger partial charge in [-0.1, -0.05) is 24.3 Å². The first-order valence-electron chi connectivity index (χ1n) is 9.16. The lowest BCUT2D eigenvalue weighted by molar-refractivity contribution is -0.153. The minimum Gasteiger partial charge on any atom is -0.494 e. The van der Waals surface area contributed by atoms with E-state index in [1.54, 1.807) is 24.3 Å². The number of hydrogen-bond acceptors (Lipinski definition) is 5. The van der Waals surface area contributed by atoms with Crippen molar-refractivity contribution in [2.45, 2.75) is 39.7 Å². The molecule has 2 rings (SSSR count). The summed E-state index contributed by atoms with van der Waals surface area (Å²) < 4.78 is 10.7. The molecule has 0 unspecified atom stereocenters. The number of ketones is 1. The van der Waals surface area contributed by atoms with Gasteiger partial charge in [0, 0.05) is 17.7 Å². The van der Waals surface area contributed by atoms with Gasteiger partial charge in [-0.05, 0) is 57.0 Å². The van der Waals surface area contributed by atoms with Gasteiger partial charge in [-0.25, -0.2) is 0 Å². The van der Waals surface area contributed by atoms with Crippen LogP contribution in [-0.2, 0) is 14.3 Å². The van der Waals surface area contributed by atoms with Crippen molar-refractivity contribution < 1.29 is 23.9 Å². The van der Waals surface area contributed by atoms with Gasteiger partial charge in [0.15, 0.2) is 11.9 Å². The summed E-state index contributed by atoms with van der Waals surface area (Å²) in [4.78, 5) is 35.5. The van der Waals surface area contributed by atoms with E-state index in [-0.39, 0.29) is 12.2 Å². The molecule has 0 radical (unpaired) electrons. The van der Waals surface area contributed by atoms with Gasteiger partial charge in [-0.15, -0.1) is 0 Å². The maximum absolute atomic E-state index is 12.2. The van der Waals surface area contributed by atoms with Crippen LogP contribution in [0.2, 0.25) is 0 Å². The van der Waals surface area contributed by atoms with E-state index in [1.165, 1.54) is 13.8 Å². The molecule has 0 aliphatic rings. The number of Topliss-reactive ketones (excluding diaryl/α,β-unsaturated/α-hetero) is 1. The third-order valence-electron chi connectivity index (χ3n) is 4.00. The number of nitrogens with one attached hydrogen (secondary N) is 1. The molecular formula is C22H25NO5. The summed E-state index contributed by atoms with van der Waals surface area (Å²) in [5.41, 5.74) is 2.08. The Morgan fingerprint density at radius 2 is 1.82 bits per heavy atom. The molecule has 0 saturated heterocycles. The molecule has 1 atom stereocenters. The quantitative estimate of drug-likeness (QED) is 0.403. The van der Waals surface area contributed by atoms with E-state index in [4.69, 9.17) is 9.47 Å². The zero-order chi connectivity index (χ0) is 20.5. The average molecular weight is 383 g/mol. The molecule has 148 valence electrons. The zero-order valence-electron chi connectivity index (χ0n) is 16.4. The topological polar surface area (TPSA) is 81.7 Å². The summed E-state index contributed by atoms with van der Waals surface area (Å²) in [6.07, 6.45) is -0.295. The molecule has 6 nitrogen and oxygen atoms in total. The molecule has 0 aliphatic carbocycles. The number of ether oxygens (including phenoxy) is 2. The molecule has 2 aromatic rings. The van der Waals surface area contributed by atoms with Crippen LogP contribution in [-0.4, -0.2) is 30.4 Å². The van der Waals surface area contributed by atoms with Gasteiger partial charge in [-0.3, -0.25) is 14.4 Å². The predicted molar refractivity (Wildman–Crippen MR) is 107 cm³/mol. The second-order valence-electron chi connectivity index (χ2n) is 6.53. The van der Waals surface area contributed by atoms with Crippen molar-refractivity contribution >= 4 is 23.3 Å². The van der Waals surface area contributed by atoms with Crippen LogP contribution in [0.15, 0.2) is 48.5 Å². The Balaban J connectivity index is 1.73. The molecule has 1 N–H and O–H groups in total. The van der Waals surface area contributed by atoms with Crippen molar-refractivity contribution in [2.24, 2.45) is 0 Å². The van der Waals surface area contributed by atoms with Crippen molar-refractivity contribution in [3.05, 3.63) is 59.7 Å². The average Bonchev–Trinajstić information content (AvgIpc) is 2.65. The third kappa shape index (κ3) is 6.87. The Labute approximate surface area is 164 Å². The van der Waals surface area contributed by atoms with Crippen LogP contribution in [0.1, 0.15) is 42.6 Å². The van der Waals surface area contributed by atoms with Crippen LogP contribution >= 0.6 is 0 Å². The number of hydrogen-bond donors (Lipinski definition) is 1. The van der Waals surface area contributed by atoms with Crippen molar-refractivity contribution in [1.82, 2.24) is 0 Å². The van der Waals surface area contributed by atoms with Crippen LogP contribution in [0.5, 0.6) is 5.75 Å². The second-order valence-corrected chi connectivity index (χ2v) is 6.53. The van der Waals surface area contributed by atoms with Crippen LogP contribution in [0.25, 0.3) is 0 Å². The summed E-state index contributed by atoms with van der Waals surface area (Å²) in [6.45, 7) is 5.32. The third-order valence-corrected chi connectivity index (χ3v) is 4.00. The number of benzene rings is 2. The highest BCUT2D eigenvalue weighted by atomic mass is 16.5. The van der Waals surface area contributed by atoms with Gasteiger partial charge in [0.2, 0.25) is 0 Å². The Bertz CT molecular complexity index is 846. The molecular weight excluding hydrogens is 358 g/mol. The van der Waals surface area contributed by atoms with E-state index in [0.29, 0.717) is 24.3 Å². The van der Waals surface area contributed by atoms with Gasteiger partial charge in [0.05, 0.1) is 6.61 Å². The fourth-order valence-corrected chi connectivity index (χ4v) is 2.48. The minimum atomic E-state index is -0.939. The number of rotatable bonds is 9. The van der Waals surface area contributed by atoms with Crippen molar-refractivity contribution in [2.75, 3.05) is 11.9 Å². The molecule has 0 heterocycles. The molecule has 0 spiro atoms. The Hall–Kier alpha value is -3.15. The van der Waals surface area contributed by atoms with Crippen molar-refractivity contribution in [1.29, 1.82) is 0 Å². The molecule has 1 amide bonds. The molecule has 2 aromatic carbocycles. The van der Waals surface area contributed by atoms with E-state index < -0.39 is 18.0 Å². The number of carbonyl (C=O) groups excluding carboxylic acids is 3. The molecule has 0 aromatic heterocycles. The highest BCUT2D eigenvalue weighted by Gasteiger charge is 2.18. The van der Waals surface area contributed by atoms with E-state index in [1.807, 2.05) is 31.2 Å². The summed E-state index contributed by atoms with van der Waals surface area (Å²) in [7, 11) is 0. The lowest BCUT2D eigenvalue weighted by Crippen LogP contribution is -2.30. The summed E-state index contributed by atoms with van der Waals surface area (Å²) >= 11 is 0. The summed E-state index contributed by atoms with van der Waals surface area (Å²) in [6, 6.07) is 14.3. The number of amides is 1. The monoisotopic (exact) mass is 383 g/mol. The highest BCUT2D eigenvalue weighted by molar-refractivity contribution is 5.98. The normalized spacial score (nSPS) is 11.4. The van der Waals surface area contributed by atoms with E-state index in [9.17, 15) is 14.4 Å². The van der Waals surface area contributed by atoms with Gasteiger partial charge in [0.1, 0.15) is 5.75 Å². The highest BCUT2D eigenvalue weighted by Crippen LogP contribution is 2.14. The predicted octanol–water partition coefficient (Wildman–Crippen LogP) is 3.93. The first kappa shape index (κ1) is 21.2. The van der Waals surface area contributed by atoms with Crippen molar-refractivity contribution in [3.63, 3.8) is 0 Å². The first-order valence-corrected chi connectivity index (χ1v) is 9.16. The lowest BCUT2D eigenvalue weighted by Gasteiger charge is -2.14. The smallest absolute Gasteiger partial charge is 0.306 e. The molecule has 28 heavy (non-hydrogen) atoms. The lowest BCUT2D eigenvalue weighted by atomic mass is 10.1. The van der Waals surface area contributed by atoms with Gasteiger partial charge in [0.25, 0.3) is 5.91 Å². The van der Waals surface area contributed by atoms with Gasteiger partial charge >= 0.3 is 5.97 Å². The van der Waals surface area contributed by atoms with E-state index in [2.05, 4.69) is 5.32 Å². The SMILES string of the molecule is CC(=O)c1cccc(NC(=O)[C@H](C)OC(=O)CCCOc2cccc(C)c2)c1. The second kappa shape index (κ2) is 10.3. The van der Waals surface area contributed by atoms with Gasteiger partial charge in [-0.2, -0.15) is 0 Å². The number of anilines is 1. The summed E-state index contributed by atoms with van der Waals surface area (Å²) in [5.74, 6) is -0.254. The van der Waals surface area contributed by atoms with Gasteiger partial charge < -0.3 is 14.8 Å². The summed E-state index contributed by atoms with van der Waals surface area (Å²) in [5, 5.41) is 2.64. The molecule has 0 aliphatic heterocycles. The Morgan fingerprint density at radius 1 is 1.07 bits per heavy atom. The zero-order valence-corrected chi connectivity index (χ0v) is 16.4. The number of carbonyl (C=O) groups is 3. The fraction of sp³-hybridized carbons (Fsp3) is 0.318. The van der Waals surface area contributed by atoms with Crippen LogP contribution in [0.4, 0.5) is 5.69 Å². The molecule has 6 heteroatoms. The standard InChI is InChI=1S/C22H25NO5/c1-15-7-4-10-20(13-15)27-12-6-11-21(25)28-17(3)22(26)23-19-9-5-8-18(14-19)16(2)24/h4-5,7-10,13-14,17H,6,11-12H2,1-3H3,(H,23,26)/t17-/m0/s1. The molecule has 0 bridgehead atoms. The molecule has 0 saturated carbocycles. The van der Waals surface area contributed by atoms with E-state index >= 15 is 0 Å².